The normalized spacial score (nSPS) is 18.8. The smallest absolute Gasteiger partial charge is 0.262 e. The van der Waals surface area contributed by atoms with Gasteiger partial charge in [-0.2, -0.15) is 0 Å². The summed E-state index contributed by atoms with van der Waals surface area (Å²) in [7, 11) is 0. The number of nitrogens with one attached hydrogen (secondary N) is 2. The van der Waals surface area contributed by atoms with E-state index in [1.807, 2.05) is 18.2 Å². The van der Waals surface area contributed by atoms with E-state index in [0.717, 1.165) is 29.0 Å². The monoisotopic (exact) mass is 454 g/mol. The van der Waals surface area contributed by atoms with Crippen LogP contribution in [0, 0.1) is 6.92 Å². The summed E-state index contributed by atoms with van der Waals surface area (Å²) in [5, 5.41) is 6.31. The molecule has 4 rings (SSSR count). The SMILES string of the molecule is Cc1nc2ccc(CNC(=O)CC3=CC=C(Cl)CC3)cc2c(=O)n1C1CCC(=O)NC1=O. The number of amides is 3. The summed E-state index contributed by atoms with van der Waals surface area (Å²) in [6, 6.07) is 4.46. The summed E-state index contributed by atoms with van der Waals surface area (Å²) in [5.74, 6) is -0.533. The zero-order valence-corrected chi connectivity index (χ0v) is 18.4. The van der Waals surface area contributed by atoms with Crippen LogP contribution in [0.4, 0.5) is 0 Å². The van der Waals surface area contributed by atoms with Gasteiger partial charge in [-0.1, -0.05) is 29.3 Å². The molecule has 1 saturated heterocycles. The molecule has 1 unspecified atom stereocenters. The first-order valence-corrected chi connectivity index (χ1v) is 10.9. The number of carbonyl (C=O) groups is 3. The van der Waals surface area contributed by atoms with Gasteiger partial charge in [-0.05, 0) is 50.0 Å². The van der Waals surface area contributed by atoms with Gasteiger partial charge in [0, 0.05) is 24.4 Å². The van der Waals surface area contributed by atoms with Gasteiger partial charge in [-0.3, -0.25) is 29.1 Å². The molecule has 0 saturated carbocycles. The van der Waals surface area contributed by atoms with Crippen LogP contribution >= 0.6 is 11.6 Å². The minimum absolute atomic E-state index is 0.106. The zero-order chi connectivity index (χ0) is 22.8. The van der Waals surface area contributed by atoms with Crippen molar-refractivity contribution in [2.75, 3.05) is 0 Å². The van der Waals surface area contributed by atoms with Gasteiger partial charge in [-0.15, -0.1) is 0 Å². The lowest BCUT2D eigenvalue weighted by molar-refractivity contribution is -0.135. The maximum Gasteiger partial charge on any atom is 0.262 e. The number of rotatable bonds is 5. The fourth-order valence-electron chi connectivity index (χ4n) is 4.03. The van der Waals surface area contributed by atoms with Crippen molar-refractivity contribution in [2.45, 2.75) is 51.6 Å². The summed E-state index contributed by atoms with van der Waals surface area (Å²) >= 11 is 5.95. The molecular weight excluding hydrogens is 432 g/mol. The second kappa shape index (κ2) is 9.08. The van der Waals surface area contributed by atoms with Crippen LogP contribution in [0.2, 0.25) is 0 Å². The Kier molecular flexibility index (Phi) is 6.23. The number of allylic oxidation sites excluding steroid dienone is 3. The number of nitrogens with zero attached hydrogens (tertiary/aromatic N) is 2. The standard InChI is InChI=1S/C23H23ClN4O4/c1-13-26-18-7-4-15(12-25-21(30)11-14-2-5-16(24)6-3-14)10-17(18)23(32)28(13)19-8-9-20(29)27-22(19)31/h2,4-5,7,10,19H,3,6,8-9,11-12H2,1H3,(H,25,30)(H,27,29,31). The van der Waals surface area contributed by atoms with Crippen molar-refractivity contribution in [1.29, 1.82) is 0 Å². The van der Waals surface area contributed by atoms with E-state index in [-0.39, 0.29) is 36.8 Å². The maximum absolute atomic E-state index is 13.2. The van der Waals surface area contributed by atoms with Gasteiger partial charge >= 0.3 is 0 Å². The molecule has 0 radical (unpaired) electrons. The average Bonchev–Trinajstić information content (AvgIpc) is 2.75. The summed E-state index contributed by atoms with van der Waals surface area (Å²) in [4.78, 5) is 53.7. The number of fused-ring (bicyclic) bond motifs is 1. The Morgan fingerprint density at radius 1 is 1.22 bits per heavy atom. The van der Waals surface area contributed by atoms with Gasteiger partial charge in [-0.25, -0.2) is 4.98 Å². The maximum atomic E-state index is 13.2. The predicted molar refractivity (Wildman–Crippen MR) is 120 cm³/mol. The van der Waals surface area contributed by atoms with Crippen molar-refractivity contribution in [2.24, 2.45) is 0 Å². The Balaban J connectivity index is 1.53. The molecule has 0 bridgehead atoms. The number of aromatic nitrogens is 2. The number of hydrogen-bond donors (Lipinski definition) is 2. The third-order valence-electron chi connectivity index (χ3n) is 5.72. The lowest BCUT2D eigenvalue weighted by Gasteiger charge is -2.24. The Bertz CT molecular complexity index is 1240. The highest BCUT2D eigenvalue weighted by molar-refractivity contribution is 6.29. The number of halogens is 1. The van der Waals surface area contributed by atoms with E-state index in [1.54, 1.807) is 19.1 Å². The molecule has 2 heterocycles. The van der Waals surface area contributed by atoms with Gasteiger partial charge in [0.2, 0.25) is 17.7 Å². The minimum atomic E-state index is -0.772. The largest absolute Gasteiger partial charge is 0.352 e. The molecule has 1 fully saturated rings. The molecule has 166 valence electrons. The van der Waals surface area contributed by atoms with Crippen LogP contribution < -0.4 is 16.2 Å². The van der Waals surface area contributed by atoms with Crippen molar-refractivity contribution in [3.8, 4) is 0 Å². The molecule has 1 atom stereocenters. The number of carbonyl (C=O) groups excluding carboxylic acids is 3. The van der Waals surface area contributed by atoms with Crippen molar-refractivity contribution in [3.63, 3.8) is 0 Å². The van der Waals surface area contributed by atoms with Gasteiger partial charge in [0.1, 0.15) is 11.9 Å². The van der Waals surface area contributed by atoms with Crippen LogP contribution in [-0.4, -0.2) is 27.3 Å². The molecule has 1 aromatic carbocycles. The first kappa shape index (κ1) is 22.0. The fraction of sp³-hybridized carbons (Fsp3) is 0.348. The van der Waals surface area contributed by atoms with Crippen LogP contribution in [0.25, 0.3) is 10.9 Å². The van der Waals surface area contributed by atoms with E-state index in [1.165, 1.54) is 4.57 Å². The first-order valence-electron chi connectivity index (χ1n) is 10.5. The van der Waals surface area contributed by atoms with Crippen LogP contribution in [-0.2, 0) is 20.9 Å². The lowest BCUT2D eigenvalue weighted by atomic mass is 10.0. The van der Waals surface area contributed by atoms with Crippen molar-refractivity contribution in [1.82, 2.24) is 20.2 Å². The van der Waals surface area contributed by atoms with E-state index in [9.17, 15) is 19.2 Å². The number of hydrogen-bond acceptors (Lipinski definition) is 5. The van der Waals surface area contributed by atoms with Crippen LogP contribution in [0.15, 0.2) is 45.8 Å². The molecule has 0 spiro atoms. The van der Waals surface area contributed by atoms with Gasteiger partial charge < -0.3 is 5.32 Å². The number of benzene rings is 1. The van der Waals surface area contributed by atoms with Crippen molar-refractivity contribution < 1.29 is 14.4 Å². The Morgan fingerprint density at radius 3 is 2.75 bits per heavy atom. The summed E-state index contributed by atoms with van der Waals surface area (Å²) in [6.45, 7) is 1.94. The second-order valence-electron chi connectivity index (χ2n) is 8.04. The summed E-state index contributed by atoms with van der Waals surface area (Å²) in [5.41, 5.74) is 1.95. The van der Waals surface area contributed by atoms with Gasteiger partial charge in [0.25, 0.3) is 5.56 Å². The molecule has 1 aliphatic heterocycles. The predicted octanol–water partition coefficient (Wildman–Crippen LogP) is 2.53. The zero-order valence-electron chi connectivity index (χ0n) is 17.6. The third kappa shape index (κ3) is 4.65. The number of imide groups is 1. The van der Waals surface area contributed by atoms with Crippen molar-refractivity contribution in [3.05, 3.63) is 62.7 Å². The van der Waals surface area contributed by atoms with Gasteiger partial charge in [0.15, 0.2) is 0 Å². The van der Waals surface area contributed by atoms with Gasteiger partial charge in [0.05, 0.1) is 10.9 Å². The molecule has 8 nitrogen and oxygen atoms in total. The first-order chi connectivity index (χ1) is 15.3. The molecule has 1 aromatic heterocycles. The molecule has 1 aliphatic carbocycles. The van der Waals surface area contributed by atoms with E-state index < -0.39 is 11.9 Å². The summed E-state index contributed by atoms with van der Waals surface area (Å²) < 4.78 is 1.35. The molecule has 2 aliphatic rings. The Morgan fingerprint density at radius 2 is 2.03 bits per heavy atom. The highest BCUT2D eigenvalue weighted by Gasteiger charge is 2.30. The molecule has 3 amide bonds. The Labute approximate surface area is 189 Å². The fourth-order valence-corrected chi connectivity index (χ4v) is 4.19. The van der Waals surface area contributed by atoms with Crippen LogP contribution in [0.3, 0.4) is 0 Å². The molecule has 2 N–H and O–H groups in total. The summed E-state index contributed by atoms with van der Waals surface area (Å²) in [6.07, 6.45) is 5.94. The topological polar surface area (TPSA) is 110 Å². The van der Waals surface area contributed by atoms with E-state index in [2.05, 4.69) is 15.6 Å². The molecule has 2 aromatic rings. The minimum Gasteiger partial charge on any atom is -0.352 e. The molecule has 9 heteroatoms. The second-order valence-corrected chi connectivity index (χ2v) is 8.53. The highest BCUT2D eigenvalue weighted by Crippen LogP contribution is 2.23. The number of piperidine rings is 1. The van der Waals surface area contributed by atoms with E-state index in [4.69, 9.17) is 11.6 Å². The van der Waals surface area contributed by atoms with E-state index >= 15 is 0 Å². The quantitative estimate of drug-likeness (QED) is 0.674. The number of aryl methyl sites for hydroxylation is 1. The average molecular weight is 455 g/mol. The van der Waals surface area contributed by atoms with Crippen LogP contribution in [0.1, 0.15) is 49.5 Å². The van der Waals surface area contributed by atoms with Crippen LogP contribution in [0.5, 0.6) is 0 Å². The van der Waals surface area contributed by atoms with E-state index in [0.29, 0.717) is 23.1 Å². The van der Waals surface area contributed by atoms with Crippen molar-refractivity contribution >= 4 is 40.2 Å². The molecular formula is C23H23ClN4O4. The Hall–Kier alpha value is -3.26. The lowest BCUT2D eigenvalue weighted by Crippen LogP contribution is -2.45. The molecule has 32 heavy (non-hydrogen) atoms. The third-order valence-corrected chi connectivity index (χ3v) is 6.04. The highest BCUT2D eigenvalue weighted by atomic mass is 35.5.